The van der Waals surface area contributed by atoms with Crippen LogP contribution in [-0.2, 0) is 0 Å². The molecule has 3 rings (SSSR count). The van der Waals surface area contributed by atoms with E-state index in [0.29, 0.717) is 5.31 Å². The van der Waals surface area contributed by atoms with Crippen LogP contribution in [0.2, 0.25) is 11.1 Å². The van der Waals surface area contributed by atoms with Crippen molar-refractivity contribution in [3.05, 3.63) is 0 Å². The van der Waals surface area contributed by atoms with Crippen LogP contribution in [0.3, 0.4) is 0 Å². The van der Waals surface area contributed by atoms with Gasteiger partial charge in [-0.1, -0.05) is 102 Å². The first-order chi connectivity index (χ1) is 11.6. The Morgan fingerprint density at radius 3 is 1.96 bits per heavy atom. The van der Waals surface area contributed by atoms with Crippen LogP contribution in [0, 0.1) is 11.8 Å². The second kappa shape index (κ2) is 9.44. The zero-order chi connectivity index (χ0) is 16.8. The van der Waals surface area contributed by atoms with Gasteiger partial charge in [-0.15, -0.1) is 8.58 Å². The van der Waals surface area contributed by atoms with Gasteiger partial charge in [0.15, 0.2) is 0 Å². The molecule has 1 radical (unpaired) electrons. The molecule has 3 saturated carbocycles. The minimum Gasteiger partial charge on any atom is -0.119 e. The van der Waals surface area contributed by atoms with Gasteiger partial charge in [0.1, 0.15) is 7.28 Å². The Labute approximate surface area is 154 Å². The van der Waals surface area contributed by atoms with E-state index in [-0.39, 0.29) is 0 Å². The van der Waals surface area contributed by atoms with Crippen molar-refractivity contribution in [2.24, 2.45) is 11.8 Å². The largest absolute Gasteiger partial charge is 0.121 e. The first kappa shape index (κ1) is 19.3. The average molecular weight is 347 g/mol. The van der Waals surface area contributed by atoms with E-state index >= 15 is 0 Å². The quantitative estimate of drug-likeness (QED) is 0.345. The summed E-state index contributed by atoms with van der Waals surface area (Å²) in [5.74, 6) is 2.97. The van der Waals surface area contributed by atoms with Crippen molar-refractivity contribution >= 4 is 15.9 Å². The molecule has 3 fully saturated rings. The summed E-state index contributed by atoms with van der Waals surface area (Å²) < 4.78 is 0. The van der Waals surface area contributed by atoms with Crippen LogP contribution in [0.25, 0.3) is 0 Å². The van der Waals surface area contributed by atoms with Crippen LogP contribution in [0.1, 0.15) is 104 Å². The zero-order valence-electron chi connectivity index (χ0n) is 16.5. The highest BCUT2D eigenvalue weighted by Crippen LogP contribution is 2.48. The fraction of sp³-hybridized carbons (Fsp3) is 1.00. The van der Waals surface area contributed by atoms with E-state index in [1.165, 1.54) is 85.6 Å². The van der Waals surface area contributed by atoms with Gasteiger partial charge < -0.3 is 0 Å². The first-order valence-electron chi connectivity index (χ1n) is 11.2. The lowest BCUT2D eigenvalue weighted by Gasteiger charge is -2.40. The Morgan fingerprint density at radius 1 is 0.750 bits per heavy atom. The lowest BCUT2D eigenvalue weighted by Crippen LogP contribution is -2.30. The number of rotatable bonds is 6. The summed E-state index contributed by atoms with van der Waals surface area (Å²) in [6.45, 7) is 5.08. The van der Waals surface area contributed by atoms with Crippen LogP contribution in [0.5, 0.6) is 0 Å². The molecule has 0 saturated heterocycles. The number of hydrogen-bond donors (Lipinski definition) is 0. The summed E-state index contributed by atoms with van der Waals surface area (Å²) in [6.07, 6.45) is 22.7. The summed E-state index contributed by atoms with van der Waals surface area (Å²) in [4.78, 5) is 0. The Bertz CT molecular complexity index is 347. The molecular formula is C22H41BP. The van der Waals surface area contributed by atoms with E-state index in [1.807, 2.05) is 0 Å². The molecule has 0 nitrogen and oxygen atoms in total. The highest BCUT2D eigenvalue weighted by molar-refractivity contribution is 7.38. The monoisotopic (exact) mass is 347 g/mol. The third-order valence-corrected chi connectivity index (χ3v) is 9.48. The zero-order valence-corrected chi connectivity index (χ0v) is 17.5. The molecule has 0 aromatic rings. The smallest absolute Gasteiger partial charge is 0.119 e. The Hall–Kier alpha value is 0.495. The molecule has 1 atom stereocenters. The average Bonchev–Trinajstić information content (AvgIpc) is 2.62. The van der Waals surface area contributed by atoms with Gasteiger partial charge in [0.25, 0.3) is 0 Å². The second-order valence-electron chi connectivity index (χ2n) is 9.85. The van der Waals surface area contributed by atoms with Gasteiger partial charge in [-0.2, -0.15) is 0 Å². The maximum Gasteiger partial charge on any atom is 0.121 e. The molecule has 0 spiro atoms. The van der Waals surface area contributed by atoms with Crippen LogP contribution in [0.4, 0.5) is 0 Å². The van der Waals surface area contributed by atoms with Gasteiger partial charge in [-0.05, 0) is 36.5 Å². The standard InChI is InChI=1S/C22H41BP/c1-22(2,19-9-5-3-6-10-19)23-20-15-13-18(14-16-20)17-24-21-11-7-4-8-12-21/h18-21,24H,3-17H2,1-2H3. The molecule has 137 valence electrons. The summed E-state index contributed by atoms with van der Waals surface area (Å²) in [5, 5.41) is 0.488. The van der Waals surface area contributed by atoms with E-state index in [2.05, 4.69) is 21.1 Å². The third-order valence-electron chi connectivity index (χ3n) is 7.51. The van der Waals surface area contributed by atoms with Gasteiger partial charge in [0.2, 0.25) is 0 Å². The lowest BCUT2D eigenvalue weighted by atomic mass is 9.40. The van der Waals surface area contributed by atoms with E-state index in [1.54, 1.807) is 19.0 Å². The van der Waals surface area contributed by atoms with E-state index < -0.39 is 0 Å². The van der Waals surface area contributed by atoms with Crippen LogP contribution in [-0.4, -0.2) is 19.1 Å². The molecule has 3 aliphatic rings. The minimum atomic E-state index is 0.488. The minimum absolute atomic E-state index is 0.488. The Balaban J connectivity index is 1.35. The SMILES string of the molecule is CC(C)([B]C1CCC(CPC2CCCCC2)CC1)C1CCCCC1. The van der Waals surface area contributed by atoms with Crippen molar-refractivity contribution in [1.29, 1.82) is 0 Å². The fourth-order valence-corrected chi connectivity index (χ4v) is 7.68. The molecule has 0 bridgehead atoms. The highest BCUT2D eigenvalue weighted by Gasteiger charge is 2.35. The molecular weight excluding hydrogens is 306 g/mol. The van der Waals surface area contributed by atoms with Crippen molar-refractivity contribution in [3.8, 4) is 0 Å². The third kappa shape index (κ3) is 5.76. The molecule has 0 N–H and O–H groups in total. The number of hydrogen-bond acceptors (Lipinski definition) is 0. The maximum atomic E-state index is 2.81. The van der Waals surface area contributed by atoms with Gasteiger partial charge in [-0.3, -0.25) is 0 Å². The lowest BCUT2D eigenvalue weighted by molar-refractivity contribution is 0.284. The normalized spacial score (nSPS) is 31.6. The molecule has 3 aliphatic carbocycles. The molecule has 0 amide bonds. The summed E-state index contributed by atoms with van der Waals surface area (Å²) >= 11 is 0. The summed E-state index contributed by atoms with van der Waals surface area (Å²) in [5.41, 5.74) is 1.12. The summed E-state index contributed by atoms with van der Waals surface area (Å²) in [6, 6.07) is 0. The molecule has 0 aromatic carbocycles. The van der Waals surface area contributed by atoms with Gasteiger partial charge in [-0.25, -0.2) is 0 Å². The maximum absolute atomic E-state index is 2.81. The van der Waals surface area contributed by atoms with E-state index in [4.69, 9.17) is 0 Å². The Kier molecular flexibility index (Phi) is 7.57. The summed E-state index contributed by atoms with van der Waals surface area (Å²) in [7, 11) is 4.10. The van der Waals surface area contributed by atoms with Gasteiger partial charge in [0.05, 0.1) is 0 Å². The van der Waals surface area contributed by atoms with Crippen LogP contribution in [0.15, 0.2) is 0 Å². The van der Waals surface area contributed by atoms with Crippen LogP contribution < -0.4 is 0 Å². The second-order valence-corrected chi connectivity index (χ2v) is 11.5. The van der Waals surface area contributed by atoms with Crippen molar-refractivity contribution in [2.75, 3.05) is 6.16 Å². The molecule has 0 aromatic heterocycles. The van der Waals surface area contributed by atoms with Gasteiger partial charge >= 0.3 is 0 Å². The molecule has 1 unspecified atom stereocenters. The Morgan fingerprint density at radius 2 is 1.33 bits per heavy atom. The van der Waals surface area contributed by atoms with E-state index in [9.17, 15) is 0 Å². The first-order valence-corrected chi connectivity index (χ1v) is 12.5. The fourth-order valence-electron chi connectivity index (χ4n) is 5.79. The van der Waals surface area contributed by atoms with Crippen molar-refractivity contribution < 1.29 is 0 Å². The molecule has 0 aliphatic heterocycles. The van der Waals surface area contributed by atoms with Crippen molar-refractivity contribution in [3.63, 3.8) is 0 Å². The van der Waals surface area contributed by atoms with Gasteiger partial charge in [0, 0.05) is 0 Å². The highest BCUT2D eigenvalue weighted by atomic mass is 31.1. The molecule has 24 heavy (non-hydrogen) atoms. The van der Waals surface area contributed by atoms with Crippen LogP contribution >= 0.6 is 8.58 Å². The topological polar surface area (TPSA) is 0 Å². The molecule has 2 heteroatoms. The predicted molar refractivity (Wildman–Crippen MR) is 112 cm³/mol. The predicted octanol–water partition coefficient (Wildman–Crippen LogP) is 7.46. The van der Waals surface area contributed by atoms with Crippen molar-refractivity contribution in [2.45, 2.75) is 121 Å². The van der Waals surface area contributed by atoms with Crippen molar-refractivity contribution in [1.82, 2.24) is 0 Å². The molecule has 0 heterocycles. The van der Waals surface area contributed by atoms with E-state index in [0.717, 1.165) is 23.3 Å².